The monoisotopic (exact) mass is 327 g/mol. The van der Waals surface area contributed by atoms with E-state index < -0.39 is 5.97 Å². The number of rotatable bonds is 6. The molecule has 0 aliphatic heterocycles. The second-order valence-corrected chi connectivity index (χ2v) is 5.74. The lowest BCUT2D eigenvalue weighted by Crippen LogP contribution is -2.27. The number of hydrogen-bond acceptors (Lipinski definition) is 3. The Morgan fingerprint density at radius 2 is 1.79 bits per heavy atom. The van der Waals surface area contributed by atoms with Gasteiger partial charge in [-0.2, -0.15) is 0 Å². The Labute approximate surface area is 141 Å². The third-order valence-corrected chi connectivity index (χ3v) is 3.82. The maximum Gasteiger partial charge on any atom is 0.335 e. The molecule has 5 nitrogen and oxygen atoms in total. The summed E-state index contributed by atoms with van der Waals surface area (Å²) in [6.07, 6.45) is 0.258. The summed E-state index contributed by atoms with van der Waals surface area (Å²) in [6, 6.07) is 12.3. The molecule has 5 heteroatoms. The number of carbonyl (C=O) groups excluding carboxylic acids is 1. The smallest absolute Gasteiger partial charge is 0.335 e. The number of carboxylic acids is 1. The largest absolute Gasteiger partial charge is 0.496 e. The molecule has 0 bridgehead atoms. The highest BCUT2D eigenvalue weighted by atomic mass is 16.5. The zero-order valence-electron chi connectivity index (χ0n) is 14.1. The van der Waals surface area contributed by atoms with E-state index in [4.69, 9.17) is 9.84 Å². The molecule has 2 aromatic carbocycles. The first-order valence-electron chi connectivity index (χ1n) is 7.60. The average molecular weight is 327 g/mol. The Morgan fingerprint density at radius 1 is 1.12 bits per heavy atom. The molecule has 1 N–H and O–H groups in total. The number of ether oxygens (including phenoxy) is 1. The first-order chi connectivity index (χ1) is 11.4. The van der Waals surface area contributed by atoms with Gasteiger partial charge in [0.1, 0.15) is 5.75 Å². The van der Waals surface area contributed by atoms with Crippen molar-refractivity contribution in [1.29, 1.82) is 0 Å². The number of carbonyl (C=O) groups is 2. The molecule has 0 aliphatic carbocycles. The van der Waals surface area contributed by atoms with Crippen LogP contribution in [0.4, 0.5) is 0 Å². The van der Waals surface area contributed by atoms with Crippen LogP contribution in [0.1, 0.15) is 27.0 Å². The van der Waals surface area contributed by atoms with Gasteiger partial charge < -0.3 is 14.7 Å². The van der Waals surface area contributed by atoms with Gasteiger partial charge in [0.2, 0.25) is 5.91 Å². The minimum Gasteiger partial charge on any atom is -0.496 e. The summed E-state index contributed by atoms with van der Waals surface area (Å²) in [5.74, 6) is -0.285. The fourth-order valence-corrected chi connectivity index (χ4v) is 2.46. The van der Waals surface area contributed by atoms with Crippen molar-refractivity contribution in [3.63, 3.8) is 0 Å². The van der Waals surface area contributed by atoms with E-state index in [1.54, 1.807) is 43.3 Å². The molecule has 2 aromatic rings. The zero-order valence-corrected chi connectivity index (χ0v) is 14.1. The molecule has 0 fully saturated rings. The summed E-state index contributed by atoms with van der Waals surface area (Å²) < 4.78 is 5.31. The minimum absolute atomic E-state index is 0.0267. The summed E-state index contributed by atoms with van der Waals surface area (Å²) in [5, 5.41) is 8.91. The molecule has 0 spiro atoms. The molecule has 2 rings (SSSR count). The van der Waals surface area contributed by atoms with E-state index in [0.29, 0.717) is 12.3 Å². The number of hydrogen-bond donors (Lipinski definition) is 1. The van der Waals surface area contributed by atoms with Gasteiger partial charge in [-0.3, -0.25) is 4.79 Å². The van der Waals surface area contributed by atoms with Crippen LogP contribution in [0.15, 0.2) is 42.5 Å². The average Bonchev–Trinajstić information content (AvgIpc) is 2.55. The highest BCUT2D eigenvalue weighted by Crippen LogP contribution is 2.21. The Morgan fingerprint density at radius 3 is 2.38 bits per heavy atom. The van der Waals surface area contributed by atoms with Crippen LogP contribution in [-0.4, -0.2) is 36.0 Å². The number of likely N-dealkylation sites (N-methyl/N-ethyl adjacent to an activating group) is 1. The number of carboxylic acid groups (broad SMARTS) is 1. The zero-order chi connectivity index (χ0) is 17.7. The Kier molecular flexibility index (Phi) is 5.58. The fourth-order valence-electron chi connectivity index (χ4n) is 2.46. The highest BCUT2D eigenvalue weighted by molar-refractivity contribution is 5.87. The summed E-state index contributed by atoms with van der Waals surface area (Å²) in [7, 11) is 3.32. The van der Waals surface area contributed by atoms with Crippen LogP contribution >= 0.6 is 0 Å². The minimum atomic E-state index is -0.961. The van der Waals surface area contributed by atoms with Crippen LogP contribution in [0.25, 0.3) is 0 Å². The molecular weight excluding hydrogens is 306 g/mol. The normalized spacial score (nSPS) is 10.3. The molecule has 0 heterocycles. The van der Waals surface area contributed by atoms with E-state index in [0.717, 1.165) is 16.7 Å². The predicted octanol–water partition coefficient (Wildman–Crippen LogP) is 2.90. The maximum absolute atomic E-state index is 12.4. The van der Waals surface area contributed by atoms with Crippen LogP contribution in [0, 0.1) is 6.92 Å². The predicted molar refractivity (Wildman–Crippen MR) is 91.3 cm³/mol. The Hall–Kier alpha value is -2.82. The van der Waals surface area contributed by atoms with Gasteiger partial charge in [0.05, 0.1) is 19.1 Å². The molecule has 0 radical (unpaired) electrons. The molecule has 0 unspecified atom stereocenters. The number of benzene rings is 2. The van der Waals surface area contributed by atoms with E-state index in [2.05, 4.69) is 0 Å². The van der Waals surface area contributed by atoms with Crippen molar-refractivity contribution in [2.75, 3.05) is 14.2 Å². The van der Waals surface area contributed by atoms with E-state index in [1.807, 2.05) is 25.1 Å². The summed E-state index contributed by atoms with van der Waals surface area (Å²) in [5.41, 5.74) is 3.05. The van der Waals surface area contributed by atoms with Crippen LogP contribution in [-0.2, 0) is 17.8 Å². The molecular formula is C19H21NO4. The summed E-state index contributed by atoms with van der Waals surface area (Å²) in [6.45, 7) is 2.40. The number of aromatic carboxylic acids is 1. The lowest BCUT2D eigenvalue weighted by Gasteiger charge is -2.18. The van der Waals surface area contributed by atoms with Crippen LogP contribution < -0.4 is 4.74 Å². The first kappa shape index (κ1) is 17.5. The van der Waals surface area contributed by atoms with Crippen LogP contribution in [0.3, 0.4) is 0 Å². The maximum atomic E-state index is 12.4. The van der Waals surface area contributed by atoms with Gasteiger partial charge in [0.25, 0.3) is 0 Å². The summed E-state index contributed by atoms with van der Waals surface area (Å²) >= 11 is 0. The molecule has 0 atom stereocenters. The van der Waals surface area contributed by atoms with Gasteiger partial charge in [-0.25, -0.2) is 4.79 Å². The van der Waals surface area contributed by atoms with Gasteiger partial charge in [0, 0.05) is 19.2 Å². The third-order valence-electron chi connectivity index (χ3n) is 3.82. The summed E-state index contributed by atoms with van der Waals surface area (Å²) in [4.78, 5) is 24.9. The van der Waals surface area contributed by atoms with Gasteiger partial charge in [-0.05, 0) is 30.7 Å². The van der Waals surface area contributed by atoms with E-state index in [-0.39, 0.29) is 17.9 Å². The molecule has 126 valence electrons. The Bertz CT molecular complexity index is 738. The lowest BCUT2D eigenvalue weighted by atomic mass is 10.1. The molecule has 0 saturated carbocycles. The van der Waals surface area contributed by atoms with Gasteiger partial charge in [-0.1, -0.05) is 29.8 Å². The van der Waals surface area contributed by atoms with Crippen molar-refractivity contribution in [2.24, 2.45) is 0 Å². The lowest BCUT2D eigenvalue weighted by molar-refractivity contribution is -0.129. The van der Waals surface area contributed by atoms with E-state index in [1.165, 1.54) is 0 Å². The molecule has 1 amide bonds. The number of aryl methyl sites for hydroxylation is 1. The standard InChI is InChI=1S/C19H21NO4/c1-13-4-9-17(24-3)16(10-13)11-18(21)20(2)12-14-5-7-15(8-6-14)19(22)23/h4-10H,11-12H2,1-3H3,(H,22,23). The van der Waals surface area contributed by atoms with Crippen molar-refractivity contribution in [3.8, 4) is 5.75 Å². The topological polar surface area (TPSA) is 66.8 Å². The molecule has 0 aromatic heterocycles. The van der Waals surface area contributed by atoms with Gasteiger partial charge in [0.15, 0.2) is 0 Å². The number of nitrogens with zero attached hydrogens (tertiary/aromatic N) is 1. The molecule has 0 saturated heterocycles. The van der Waals surface area contributed by atoms with Crippen molar-refractivity contribution >= 4 is 11.9 Å². The molecule has 24 heavy (non-hydrogen) atoms. The van der Waals surface area contributed by atoms with Crippen molar-refractivity contribution in [3.05, 3.63) is 64.7 Å². The van der Waals surface area contributed by atoms with E-state index >= 15 is 0 Å². The quantitative estimate of drug-likeness (QED) is 0.886. The number of methoxy groups -OCH3 is 1. The van der Waals surface area contributed by atoms with Crippen LogP contribution in [0.2, 0.25) is 0 Å². The van der Waals surface area contributed by atoms with Crippen LogP contribution in [0.5, 0.6) is 5.75 Å². The molecule has 0 aliphatic rings. The van der Waals surface area contributed by atoms with Gasteiger partial charge in [-0.15, -0.1) is 0 Å². The SMILES string of the molecule is COc1ccc(C)cc1CC(=O)N(C)Cc1ccc(C(=O)O)cc1. The van der Waals surface area contributed by atoms with Gasteiger partial charge >= 0.3 is 5.97 Å². The fraction of sp³-hybridized carbons (Fsp3) is 0.263. The van der Waals surface area contributed by atoms with Crippen molar-refractivity contribution in [1.82, 2.24) is 4.90 Å². The highest BCUT2D eigenvalue weighted by Gasteiger charge is 2.14. The second-order valence-electron chi connectivity index (χ2n) is 5.74. The Balaban J connectivity index is 2.04. The second kappa shape index (κ2) is 7.64. The van der Waals surface area contributed by atoms with Crippen molar-refractivity contribution < 1.29 is 19.4 Å². The third kappa shape index (κ3) is 4.35. The number of amides is 1. The first-order valence-corrected chi connectivity index (χ1v) is 7.60. The van der Waals surface area contributed by atoms with Crippen molar-refractivity contribution in [2.45, 2.75) is 19.9 Å². The van der Waals surface area contributed by atoms with E-state index in [9.17, 15) is 9.59 Å².